The molecule has 0 saturated carbocycles. The summed E-state index contributed by atoms with van der Waals surface area (Å²) < 4.78 is 110. The molecule has 14 heteroatoms. The Morgan fingerprint density at radius 2 is 1.63 bits per heavy atom. The average molecular weight is 510 g/mol. The molecule has 0 atom stereocenters. The molecule has 1 amide bonds. The summed E-state index contributed by atoms with van der Waals surface area (Å²) in [6.45, 7) is 1.67. The number of benzene rings is 2. The average Bonchev–Trinajstić information content (AvgIpc) is 3.30. The zero-order valence-electron chi connectivity index (χ0n) is 18.1. The molecule has 0 radical (unpaired) electrons. The molecule has 3 rings (SSSR count). The van der Waals surface area contributed by atoms with Crippen molar-refractivity contribution in [3.05, 3.63) is 54.1 Å². The third-order valence-electron chi connectivity index (χ3n) is 4.34. The summed E-state index contributed by atoms with van der Waals surface area (Å²) in [6.07, 6.45) is -6.51. The maximum absolute atomic E-state index is 14.5. The second-order valence-corrected chi connectivity index (χ2v) is 6.63. The van der Waals surface area contributed by atoms with Gasteiger partial charge in [-0.15, -0.1) is 0 Å². The molecule has 2 aromatic carbocycles. The van der Waals surface area contributed by atoms with E-state index in [0.29, 0.717) is 0 Å². The standard InChI is InChI=1S/C19H12F8N4O2.C2H6/c20-12-6-5-9(15-29-16(14(28)32)31-30-15)7-11(12)10-3-1-2-4-13(10)33-8-17(21,22)18(23,24)19(25,26)27;1-2/h1-7H,8H2,(H2,28,32)(H,29,30,31);1-2H3. The maximum atomic E-state index is 14.5. The highest BCUT2D eigenvalue weighted by molar-refractivity contribution is 5.89. The third-order valence-corrected chi connectivity index (χ3v) is 4.34. The number of alkyl halides is 7. The van der Waals surface area contributed by atoms with Gasteiger partial charge in [-0.2, -0.15) is 35.8 Å². The van der Waals surface area contributed by atoms with Gasteiger partial charge in [0.15, 0.2) is 12.4 Å². The van der Waals surface area contributed by atoms with Crippen LogP contribution in [0.25, 0.3) is 22.5 Å². The molecule has 0 aliphatic heterocycles. The lowest BCUT2D eigenvalue weighted by atomic mass is 10.0. The molecule has 0 aliphatic carbocycles. The normalized spacial score (nSPS) is 12.1. The molecule has 6 nitrogen and oxygen atoms in total. The number of para-hydroxylation sites is 1. The Morgan fingerprint density at radius 3 is 2.20 bits per heavy atom. The molecule has 0 spiro atoms. The minimum absolute atomic E-state index is 0.0835. The van der Waals surface area contributed by atoms with Crippen LogP contribution in [0.15, 0.2) is 42.5 Å². The Morgan fingerprint density at radius 1 is 1.00 bits per heavy atom. The number of halogens is 8. The first kappa shape index (κ1) is 27.5. The van der Waals surface area contributed by atoms with E-state index in [1.165, 1.54) is 24.3 Å². The van der Waals surface area contributed by atoms with Crippen molar-refractivity contribution in [2.75, 3.05) is 6.61 Å². The number of hydrogen-bond donors (Lipinski definition) is 2. The number of aromatic nitrogens is 3. The molecular weight excluding hydrogens is 492 g/mol. The zero-order chi connectivity index (χ0) is 26.6. The van der Waals surface area contributed by atoms with Crippen LogP contribution in [-0.4, -0.2) is 45.7 Å². The van der Waals surface area contributed by atoms with Gasteiger partial charge in [0.2, 0.25) is 5.82 Å². The van der Waals surface area contributed by atoms with Gasteiger partial charge in [0.1, 0.15) is 11.6 Å². The van der Waals surface area contributed by atoms with Gasteiger partial charge in [-0.05, 0) is 24.3 Å². The Kier molecular flexibility index (Phi) is 8.08. The number of hydrogen-bond acceptors (Lipinski definition) is 4. The number of nitrogens with zero attached hydrogens (tertiary/aromatic N) is 2. The van der Waals surface area contributed by atoms with Crippen LogP contribution in [0, 0.1) is 5.82 Å². The Hall–Kier alpha value is -3.71. The van der Waals surface area contributed by atoms with Gasteiger partial charge in [0.05, 0.1) is 0 Å². The summed E-state index contributed by atoms with van der Waals surface area (Å²) in [7, 11) is 0. The summed E-state index contributed by atoms with van der Waals surface area (Å²) in [5.74, 6) is -14.8. The number of aromatic amines is 1. The smallest absolute Gasteiger partial charge is 0.460 e. The molecule has 0 fully saturated rings. The molecule has 1 heterocycles. The van der Waals surface area contributed by atoms with Crippen molar-refractivity contribution in [1.29, 1.82) is 0 Å². The SMILES string of the molecule is CC.NC(=O)c1nc(-c2ccc(F)c(-c3ccccc3OCC(F)(F)C(F)(F)C(F)(F)F)c2)n[nH]1. The second kappa shape index (κ2) is 10.3. The van der Waals surface area contributed by atoms with Crippen molar-refractivity contribution < 1.29 is 44.7 Å². The van der Waals surface area contributed by atoms with Gasteiger partial charge >= 0.3 is 18.0 Å². The minimum atomic E-state index is -6.51. The number of H-pyrrole nitrogens is 1. The van der Waals surface area contributed by atoms with E-state index in [0.717, 1.165) is 18.2 Å². The van der Waals surface area contributed by atoms with Crippen LogP contribution in [0.2, 0.25) is 0 Å². The fraction of sp³-hybridized carbons (Fsp3) is 0.286. The molecule has 35 heavy (non-hydrogen) atoms. The summed E-state index contributed by atoms with van der Waals surface area (Å²) in [5, 5.41) is 5.99. The van der Waals surface area contributed by atoms with Crippen molar-refractivity contribution in [3.63, 3.8) is 0 Å². The van der Waals surface area contributed by atoms with Crippen LogP contribution >= 0.6 is 0 Å². The maximum Gasteiger partial charge on any atom is 0.460 e. The van der Waals surface area contributed by atoms with E-state index in [4.69, 9.17) is 5.73 Å². The van der Waals surface area contributed by atoms with Gasteiger partial charge in [-0.25, -0.2) is 9.37 Å². The highest BCUT2D eigenvalue weighted by Gasteiger charge is 2.73. The number of rotatable bonds is 7. The molecule has 1 aromatic heterocycles. The predicted molar refractivity (Wildman–Crippen MR) is 109 cm³/mol. The van der Waals surface area contributed by atoms with Crippen LogP contribution in [0.4, 0.5) is 35.1 Å². The van der Waals surface area contributed by atoms with Crippen molar-refractivity contribution in [3.8, 4) is 28.3 Å². The van der Waals surface area contributed by atoms with Gasteiger partial charge in [-0.1, -0.05) is 32.0 Å². The number of amides is 1. The Labute approximate surface area is 193 Å². The molecule has 0 bridgehead atoms. The van der Waals surface area contributed by atoms with Crippen molar-refractivity contribution in [1.82, 2.24) is 15.2 Å². The second-order valence-electron chi connectivity index (χ2n) is 6.63. The topological polar surface area (TPSA) is 93.9 Å². The molecule has 0 saturated heterocycles. The van der Waals surface area contributed by atoms with E-state index in [1.807, 2.05) is 13.8 Å². The van der Waals surface area contributed by atoms with Crippen LogP contribution in [0.1, 0.15) is 24.5 Å². The predicted octanol–water partition coefficient (Wildman–Crippen LogP) is 5.61. The van der Waals surface area contributed by atoms with Gasteiger partial charge in [0.25, 0.3) is 5.91 Å². The molecule has 3 N–H and O–H groups in total. The van der Waals surface area contributed by atoms with E-state index >= 15 is 0 Å². The van der Waals surface area contributed by atoms with Gasteiger partial charge < -0.3 is 10.5 Å². The number of carbonyl (C=O) groups excluding carboxylic acids is 1. The summed E-state index contributed by atoms with van der Waals surface area (Å²) in [6, 6.07) is 7.99. The van der Waals surface area contributed by atoms with Crippen molar-refractivity contribution in [2.24, 2.45) is 5.73 Å². The number of carbonyl (C=O) groups is 1. The summed E-state index contributed by atoms with van der Waals surface area (Å²) in [5.41, 5.74) is 4.68. The van der Waals surface area contributed by atoms with Crippen LogP contribution in [0.3, 0.4) is 0 Å². The first-order valence-corrected chi connectivity index (χ1v) is 9.81. The monoisotopic (exact) mass is 510 g/mol. The number of ether oxygens (including phenoxy) is 1. The van der Waals surface area contributed by atoms with Crippen molar-refractivity contribution >= 4 is 5.91 Å². The quantitative estimate of drug-likeness (QED) is 0.404. The lowest BCUT2D eigenvalue weighted by molar-refractivity contribution is -0.358. The number of primary amides is 1. The highest BCUT2D eigenvalue weighted by Crippen LogP contribution is 2.47. The van der Waals surface area contributed by atoms with Crippen LogP contribution < -0.4 is 10.5 Å². The minimum Gasteiger partial charge on any atom is -0.486 e. The number of nitrogens with one attached hydrogen (secondary N) is 1. The lowest BCUT2D eigenvalue weighted by Crippen LogP contribution is -2.54. The number of nitrogens with two attached hydrogens (primary N) is 1. The Balaban J connectivity index is 0.00000210. The first-order chi connectivity index (χ1) is 16.2. The van der Waals surface area contributed by atoms with Crippen molar-refractivity contribution in [2.45, 2.75) is 31.9 Å². The highest BCUT2D eigenvalue weighted by atomic mass is 19.4. The molecule has 3 aromatic rings. The molecule has 0 aliphatic rings. The van der Waals surface area contributed by atoms with Gasteiger partial charge in [-0.3, -0.25) is 9.89 Å². The molecule has 190 valence electrons. The zero-order valence-corrected chi connectivity index (χ0v) is 18.1. The first-order valence-electron chi connectivity index (χ1n) is 9.81. The Bertz CT molecular complexity index is 1180. The fourth-order valence-corrected chi connectivity index (χ4v) is 2.65. The largest absolute Gasteiger partial charge is 0.486 e. The molecule has 0 unspecified atom stereocenters. The lowest BCUT2D eigenvalue weighted by Gasteiger charge is -2.28. The van der Waals surface area contributed by atoms with E-state index in [-0.39, 0.29) is 28.3 Å². The molecular formula is C21H18F8N4O2. The van der Waals surface area contributed by atoms with Crippen LogP contribution in [0.5, 0.6) is 5.75 Å². The van der Waals surface area contributed by atoms with E-state index in [9.17, 15) is 39.9 Å². The van der Waals surface area contributed by atoms with Gasteiger partial charge in [0, 0.05) is 16.7 Å². The van der Waals surface area contributed by atoms with E-state index in [2.05, 4.69) is 19.9 Å². The van der Waals surface area contributed by atoms with E-state index in [1.54, 1.807) is 0 Å². The van der Waals surface area contributed by atoms with E-state index < -0.39 is 42.1 Å². The third kappa shape index (κ3) is 5.69. The summed E-state index contributed by atoms with van der Waals surface area (Å²) >= 11 is 0. The fourth-order valence-electron chi connectivity index (χ4n) is 2.65. The van der Waals surface area contributed by atoms with Crippen LogP contribution in [-0.2, 0) is 0 Å². The summed E-state index contributed by atoms with van der Waals surface area (Å²) in [4.78, 5) is 14.9.